The molecule has 1 unspecified atom stereocenters. The maximum atomic E-state index is 12.8. The van der Waals surface area contributed by atoms with Crippen molar-refractivity contribution in [2.24, 2.45) is 0 Å². The van der Waals surface area contributed by atoms with Crippen molar-refractivity contribution in [2.75, 3.05) is 36.5 Å². The lowest BCUT2D eigenvalue weighted by molar-refractivity contribution is -0.128. The molecule has 2 amide bonds. The second kappa shape index (κ2) is 8.52. The summed E-state index contributed by atoms with van der Waals surface area (Å²) in [7, 11) is 0. The summed E-state index contributed by atoms with van der Waals surface area (Å²) < 4.78 is 5.44. The highest BCUT2D eigenvalue weighted by Crippen LogP contribution is 2.29. The molecular formula is C20H22ClN3O3. The normalized spacial score (nSPS) is 18.4. The average Bonchev–Trinajstić information content (AvgIpc) is 3.13. The number of para-hydroxylation sites is 1. The van der Waals surface area contributed by atoms with Crippen LogP contribution in [0.4, 0.5) is 11.4 Å². The van der Waals surface area contributed by atoms with Crippen molar-refractivity contribution in [2.45, 2.75) is 12.5 Å². The first-order chi connectivity index (χ1) is 12.7. The molecule has 2 aliphatic heterocycles. The highest BCUT2D eigenvalue weighted by molar-refractivity contribution is 6.07. The molecule has 0 saturated carbocycles. The Morgan fingerprint density at radius 2 is 1.89 bits per heavy atom. The van der Waals surface area contributed by atoms with E-state index >= 15 is 0 Å². The Kier molecular flexibility index (Phi) is 6.11. The molecule has 4 rings (SSSR count). The van der Waals surface area contributed by atoms with Crippen LogP contribution in [0.5, 0.6) is 0 Å². The van der Waals surface area contributed by atoms with E-state index in [1.54, 1.807) is 24.3 Å². The lowest BCUT2D eigenvalue weighted by atomic mass is 10.1. The van der Waals surface area contributed by atoms with E-state index in [0.29, 0.717) is 30.9 Å². The predicted octanol–water partition coefficient (Wildman–Crippen LogP) is 2.24. The van der Waals surface area contributed by atoms with Crippen LogP contribution in [0.3, 0.4) is 0 Å². The number of benzene rings is 2. The van der Waals surface area contributed by atoms with E-state index in [9.17, 15) is 9.59 Å². The molecule has 6 nitrogen and oxygen atoms in total. The van der Waals surface area contributed by atoms with Crippen molar-refractivity contribution in [3.63, 3.8) is 0 Å². The number of anilines is 2. The summed E-state index contributed by atoms with van der Waals surface area (Å²) in [4.78, 5) is 26.8. The number of fused-ring (bicyclic) bond motifs is 1. The molecule has 2 aromatic carbocycles. The van der Waals surface area contributed by atoms with Crippen LogP contribution in [0.1, 0.15) is 15.9 Å². The number of nitrogens with one attached hydrogen (secondary N) is 2. The number of rotatable bonds is 3. The fourth-order valence-corrected chi connectivity index (χ4v) is 3.36. The van der Waals surface area contributed by atoms with Crippen LogP contribution in [0.15, 0.2) is 48.5 Å². The van der Waals surface area contributed by atoms with Gasteiger partial charge in [0.2, 0.25) is 0 Å². The van der Waals surface area contributed by atoms with Crippen LogP contribution in [0, 0.1) is 0 Å². The first kappa shape index (κ1) is 19.4. The standard InChI is InChI=1S/C20H21N3O3.ClH/c24-19(18-13-21-10-12-26-18)22-16-7-5-15(6-8-16)20(25)23-11-9-14-3-1-2-4-17(14)23;/h1-8,18,21H,9-13H2,(H,22,24);1H. The maximum absolute atomic E-state index is 12.8. The minimum absolute atomic E-state index is 0. The molecule has 1 fully saturated rings. The van der Waals surface area contributed by atoms with Gasteiger partial charge in [0.15, 0.2) is 0 Å². The third-order valence-corrected chi connectivity index (χ3v) is 4.75. The second-order valence-corrected chi connectivity index (χ2v) is 6.47. The molecule has 2 N–H and O–H groups in total. The van der Waals surface area contributed by atoms with E-state index in [1.165, 1.54) is 5.56 Å². The quantitative estimate of drug-likeness (QED) is 0.847. The predicted molar refractivity (Wildman–Crippen MR) is 107 cm³/mol. The zero-order valence-electron chi connectivity index (χ0n) is 14.8. The molecule has 1 atom stereocenters. The molecule has 0 radical (unpaired) electrons. The van der Waals surface area contributed by atoms with Gasteiger partial charge in [-0.25, -0.2) is 0 Å². The van der Waals surface area contributed by atoms with Gasteiger partial charge in [0.05, 0.1) is 6.61 Å². The number of hydrogen-bond acceptors (Lipinski definition) is 4. The molecular weight excluding hydrogens is 366 g/mol. The van der Waals surface area contributed by atoms with Crippen LogP contribution in [-0.4, -0.2) is 44.2 Å². The Morgan fingerprint density at radius 3 is 2.63 bits per heavy atom. The van der Waals surface area contributed by atoms with Crippen LogP contribution in [0.25, 0.3) is 0 Å². The Balaban J connectivity index is 0.00000210. The Labute approximate surface area is 164 Å². The Hall–Kier alpha value is -2.41. The van der Waals surface area contributed by atoms with Gasteiger partial charge in [-0.1, -0.05) is 18.2 Å². The van der Waals surface area contributed by atoms with Crippen LogP contribution in [-0.2, 0) is 16.0 Å². The van der Waals surface area contributed by atoms with Gasteiger partial charge in [-0.05, 0) is 42.3 Å². The van der Waals surface area contributed by atoms with E-state index < -0.39 is 6.10 Å². The van der Waals surface area contributed by atoms with Gasteiger partial charge < -0.3 is 20.3 Å². The first-order valence-electron chi connectivity index (χ1n) is 8.85. The van der Waals surface area contributed by atoms with E-state index in [-0.39, 0.29) is 24.2 Å². The zero-order valence-corrected chi connectivity index (χ0v) is 15.6. The molecule has 0 aromatic heterocycles. The molecule has 2 heterocycles. The number of morpholine rings is 1. The summed E-state index contributed by atoms with van der Waals surface area (Å²) in [5.74, 6) is -0.197. The molecule has 27 heavy (non-hydrogen) atoms. The number of ether oxygens (including phenoxy) is 1. The molecule has 7 heteroatoms. The molecule has 1 saturated heterocycles. The van der Waals surface area contributed by atoms with Gasteiger partial charge in [-0.3, -0.25) is 9.59 Å². The van der Waals surface area contributed by atoms with E-state index in [1.807, 2.05) is 23.1 Å². The highest BCUT2D eigenvalue weighted by atomic mass is 35.5. The largest absolute Gasteiger partial charge is 0.366 e. The van der Waals surface area contributed by atoms with Gasteiger partial charge in [-0.2, -0.15) is 0 Å². The number of carbonyl (C=O) groups excluding carboxylic acids is 2. The molecule has 0 bridgehead atoms. The second-order valence-electron chi connectivity index (χ2n) is 6.47. The SMILES string of the molecule is Cl.O=C(Nc1ccc(C(=O)N2CCc3ccccc32)cc1)C1CNCCO1. The Morgan fingerprint density at radius 1 is 1.11 bits per heavy atom. The zero-order chi connectivity index (χ0) is 17.9. The summed E-state index contributed by atoms with van der Waals surface area (Å²) in [5.41, 5.74) is 3.44. The van der Waals surface area contributed by atoms with Crippen LogP contribution >= 0.6 is 12.4 Å². The molecule has 2 aliphatic rings. The third-order valence-electron chi connectivity index (χ3n) is 4.75. The monoisotopic (exact) mass is 387 g/mol. The topological polar surface area (TPSA) is 70.7 Å². The van der Waals surface area contributed by atoms with Crippen LogP contribution in [0.2, 0.25) is 0 Å². The molecule has 0 spiro atoms. The number of nitrogens with zero attached hydrogens (tertiary/aromatic N) is 1. The lowest BCUT2D eigenvalue weighted by Gasteiger charge is -2.22. The highest BCUT2D eigenvalue weighted by Gasteiger charge is 2.25. The molecule has 142 valence electrons. The first-order valence-corrected chi connectivity index (χ1v) is 8.85. The van der Waals surface area contributed by atoms with E-state index in [0.717, 1.165) is 18.7 Å². The minimum Gasteiger partial charge on any atom is -0.366 e. The third kappa shape index (κ3) is 4.13. The summed E-state index contributed by atoms with van der Waals surface area (Å²) in [6.07, 6.45) is 0.400. The van der Waals surface area contributed by atoms with Gasteiger partial charge in [0.1, 0.15) is 6.10 Å². The smallest absolute Gasteiger partial charge is 0.258 e. The van der Waals surface area contributed by atoms with Crippen molar-refractivity contribution in [3.8, 4) is 0 Å². The Bertz CT molecular complexity index is 819. The fraction of sp³-hybridized carbons (Fsp3) is 0.300. The summed E-state index contributed by atoms with van der Waals surface area (Å²) in [6, 6.07) is 15.0. The number of carbonyl (C=O) groups is 2. The average molecular weight is 388 g/mol. The lowest BCUT2D eigenvalue weighted by Crippen LogP contribution is -2.45. The van der Waals surface area contributed by atoms with Gasteiger partial charge in [0, 0.05) is 36.6 Å². The van der Waals surface area contributed by atoms with Crippen molar-refractivity contribution in [1.82, 2.24) is 5.32 Å². The van der Waals surface area contributed by atoms with E-state index in [4.69, 9.17) is 4.74 Å². The summed E-state index contributed by atoms with van der Waals surface area (Å²) in [5, 5.41) is 5.96. The number of amides is 2. The fourth-order valence-electron chi connectivity index (χ4n) is 3.36. The summed E-state index contributed by atoms with van der Waals surface area (Å²) in [6.45, 7) is 2.50. The van der Waals surface area contributed by atoms with Crippen molar-refractivity contribution >= 4 is 35.6 Å². The molecule has 0 aliphatic carbocycles. The van der Waals surface area contributed by atoms with E-state index in [2.05, 4.69) is 16.7 Å². The van der Waals surface area contributed by atoms with Crippen LogP contribution < -0.4 is 15.5 Å². The molecule has 2 aromatic rings. The number of halogens is 1. The number of hydrogen-bond donors (Lipinski definition) is 2. The minimum atomic E-state index is -0.480. The van der Waals surface area contributed by atoms with Gasteiger partial charge >= 0.3 is 0 Å². The summed E-state index contributed by atoms with van der Waals surface area (Å²) >= 11 is 0. The van der Waals surface area contributed by atoms with Crippen molar-refractivity contribution in [3.05, 3.63) is 59.7 Å². The van der Waals surface area contributed by atoms with Crippen molar-refractivity contribution < 1.29 is 14.3 Å². The van der Waals surface area contributed by atoms with Gasteiger partial charge in [0.25, 0.3) is 11.8 Å². The van der Waals surface area contributed by atoms with Gasteiger partial charge in [-0.15, -0.1) is 12.4 Å². The van der Waals surface area contributed by atoms with Crippen molar-refractivity contribution in [1.29, 1.82) is 0 Å². The maximum Gasteiger partial charge on any atom is 0.258 e.